The van der Waals surface area contributed by atoms with Crippen LogP contribution in [0.4, 0.5) is 11.5 Å². The van der Waals surface area contributed by atoms with Gasteiger partial charge in [-0.3, -0.25) is 4.68 Å². The zero-order valence-electron chi connectivity index (χ0n) is 12.6. The molecule has 0 amide bonds. The molecule has 0 atom stereocenters. The van der Waals surface area contributed by atoms with E-state index in [1.807, 2.05) is 11.7 Å². The highest BCUT2D eigenvalue weighted by atomic mass is 15.3. The lowest BCUT2D eigenvalue weighted by molar-refractivity contribution is 0.329. The number of anilines is 2. The highest BCUT2D eigenvalue weighted by Gasteiger charge is 2.22. The maximum Gasteiger partial charge on any atom is 0.147 e. The van der Waals surface area contributed by atoms with Gasteiger partial charge in [0.25, 0.3) is 0 Å². The molecule has 3 N–H and O–H groups in total. The number of aryl methyl sites for hydroxylation is 2. The van der Waals surface area contributed by atoms with Crippen molar-refractivity contribution in [2.24, 2.45) is 13.0 Å². The van der Waals surface area contributed by atoms with Gasteiger partial charge >= 0.3 is 0 Å². The molecule has 0 unspecified atom stereocenters. The first-order valence-electron chi connectivity index (χ1n) is 7.73. The van der Waals surface area contributed by atoms with Gasteiger partial charge in [0.2, 0.25) is 0 Å². The van der Waals surface area contributed by atoms with Gasteiger partial charge in [-0.05, 0) is 38.0 Å². The van der Waals surface area contributed by atoms with Crippen LogP contribution in [0, 0.1) is 5.92 Å². The summed E-state index contributed by atoms with van der Waals surface area (Å²) in [6.07, 6.45) is 8.56. The number of rotatable bonds is 5. The smallest absolute Gasteiger partial charge is 0.147 e. The predicted molar refractivity (Wildman–Crippen MR) is 81.3 cm³/mol. The molecule has 1 aliphatic carbocycles. The highest BCUT2D eigenvalue weighted by Crippen LogP contribution is 2.30. The van der Waals surface area contributed by atoms with Crippen molar-refractivity contribution >= 4 is 11.5 Å². The third-order valence-electron chi connectivity index (χ3n) is 4.41. The van der Waals surface area contributed by atoms with E-state index in [0.717, 1.165) is 36.0 Å². The van der Waals surface area contributed by atoms with Crippen molar-refractivity contribution in [3.05, 3.63) is 5.69 Å². The summed E-state index contributed by atoms with van der Waals surface area (Å²) < 4.78 is 1.91. The minimum atomic E-state index is 0.565. The van der Waals surface area contributed by atoms with E-state index >= 15 is 0 Å². The van der Waals surface area contributed by atoms with Crippen LogP contribution in [0.15, 0.2) is 0 Å². The molecule has 0 saturated heterocycles. The second kappa shape index (κ2) is 6.31. The van der Waals surface area contributed by atoms with Gasteiger partial charge in [0.05, 0.1) is 11.4 Å². The van der Waals surface area contributed by atoms with E-state index in [1.54, 1.807) is 0 Å². The maximum atomic E-state index is 6.22. The van der Waals surface area contributed by atoms with Gasteiger partial charge in [-0.2, -0.15) is 5.10 Å². The van der Waals surface area contributed by atoms with Gasteiger partial charge in [0.15, 0.2) is 0 Å². The molecule has 1 aromatic rings. The number of nitrogens with one attached hydrogen (secondary N) is 1. The van der Waals surface area contributed by atoms with E-state index in [1.165, 1.54) is 32.1 Å². The molecule has 4 nitrogen and oxygen atoms in total. The number of hydrogen-bond donors (Lipinski definition) is 2. The average molecular weight is 264 g/mol. The van der Waals surface area contributed by atoms with Crippen molar-refractivity contribution in [3.63, 3.8) is 0 Å². The normalized spacial score (nSPS) is 23.5. The van der Waals surface area contributed by atoms with Crippen LogP contribution in [0.25, 0.3) is 0 Å². The Kier molecular flexibility index (Phi) is 4.72. The van der Waals surface area contributed by atoms with Crippen molar-refractivity contribution in [1.29, 1.82) is 0 Å². The van der Waals surface area contributed by atoms with Crippen LogP contribution < -0.4 is 11.1 Å². The van der Waals surface area contributed by atoms with Gasteiger partial charge in [-0.25, -0.2) is 0 Å². The minimum Gasteiger partial charge on any atom is -0.394 e. The quantitative estimate of drug-likeness (QED) is 0.857. The Balaban J connectivity index is 1.99. The molecule has 19 heavy (non-hydrogen) atoms. The SMILES string of the molecule is CCCc1nn(C)c(NC2CCC(CC)CC2)c1N. The Morgan fingerprint density at radius 2 is 1.95 bits per heavy atom. The first-order valence-corrected chi connectivity index (χ1v) is 7.73. The first-order chi connectivity index (χ1) is 9.15. The monoisotopic (exact) mass is 264 g/mol. The molecule has 1 heterocycles. The molecule has 108 valence electrons. The van der Waals surface area contributed by atoms with Crippen molar-refractivity contribution in [1.82, 2.24) is 9.78 Å². The van der Waals surface area contributed by atoms with Gasteiger partial charge in [-0.1, -0.05) is 26.7 Å². The summed E-state index contributed by atoms with van der Waals surface area (Å²) in [5.41, 5.74) is 8.10. The summed E-state index contributed by atoms with van der Waals surface area (Å²) in [7, 11) is 1.98. The van der Waals surface area contributed by atoms with Crippen LogP contribution in [-0.4, -0.2) is 15.8 Å². The number of nitrogen functional groups attached to an aromatic ring is 1. The molecular weight excluding hydrogens is 236 g/mol. The maximum absolute atomic E-state index is 6.22. The summed E-state index contributed by atoms with van der Waals surface area (Å²) in [5, 5.41) is 8.14. The number of nitrogens with zero attached hydrogens (tertiary/aromatic N) is 2. The van der Waals surface area contributed by atoms with Crippen LogP contribution in [0.1, 0.15) is 58.1 Å². The van der Waals surface area contributed by atoms with Crippen LogP contribution >= 0.6 is 0 Å². The van der Waals surface area contributed by atoms with Gasteiger partial charge < -0.3 is 11.1 Å². The molecule has 0 aromatic carbocycles. The Morgan fingerprint density at radius 3 is 2.53 bits per heavy atom. The number of hydrogen-bond acceptors (Lipinski definition) is 3. The number of aromatic nitrogens is 2. The summed E-state index contributed by atoms with van der Waals surface area (Å²) >= 11 is 0. The second-order valence-corrected chi connectivity index (χ2v) is 5.85. The van der Waals surface area contributed by atoms with Gasteiger partial charge in [0, 0.05) is 13.1 Å². The fourth-order valence-electron chi connectivity index (χ4n) is 3.10. The largest absolute Gasteiger partial charge is 0.394 e. The summed E-state index contributed by atoms with van der Waals surface area (Å²) in [6.45, 7) is 4.46. The Hall–Kier alpha value is -1.19. The van der Waals surface area contributed by atoms with Crippen LogP contribution in [0.5, 0.6) is 0 Å². The molecule has 1 saturated carbocycles. The lowest BCUT2D eigenvalue weighted by Crippen LogP contribution is -2.27. The zero-order valence-corrected chi connectivity index (χ0v) is 12.6. The van der Waals surface area contributed by atoms with Crippen molar-refractivity contribution < 1.29 is 0 Å². The van der Waals surface area contributed by atoms with Crippen molar-refractivity contribution in [2.75, 3.05) is 11.1 Å². The van der Waals surface area contributed by atoms with E-state index in [-0.39, 0.29) is 0 Å². The lowest BCUT2D eigenvalue weighted by Gasteiger charge is -2.29. The molecular formula is C15H28N4. The molecule has 0 bridgehead atoms. The van der Waals surface area contributed by atoms with E-state index in [4.69, 9.17) is 5.73 Å². The van der Waals surface area contributed by atoms with Crippen LogP contribution in [0.3, 0.4) is 0 Å². The van der Waals surface area contributed by atoms with E-state index in [9.17, 15) is 0 Å². The number of nitrogens with two attached hydrogens (primary N) is 1. The molecule has 1 aliphatic rings. The standard InChI is InChI=1S/C15H28N4/c1-4-6-13-14(16)15(19(3)18-13)17-12-9-7-11(5-2)8-10-12/h11-12,17H,4-10,16H2,1-3H3. The zero-order chi connectivity index (χ0) is 13.8. The predicted octanol–water partition coefficient (Wildman–Crippen LogP) is 3.34. The topological polar surface area (TPSA) is 55.9 Å². The Morgan fingerprint density at radius 1 is 1.26 bits per heavy atom. The molecule has 0 spiro atoms. The van der Waals surface area contributed by atoms with Crippen LogP contribution in [-0.2, 0) is 13.5 Å². The molecule has 0 aliphatic heterocycles. The van der Waals surface area contributed by atoms with E-state index in [0.29, 0.717) is 6.04 Å². The fourth-order valence-corrected chi connectivity index (χ4v) is 3.10. The highest BCUT2D eigenvalue weighted by molar-refractivity contribution is 5.65. The molecule has 2 rings (SSSR count). The molecule has 4 heteroatoms. The second-order valence-electron chi connectivity index (χ2n) is 5.85. The van der Waals surface area contributed by atoms with Gasteiger partial charge in [0.1, 0.15) is 5.82 Å². The minimum absolute atomic E-state index is 0.565. The lowest BCUT2D eigenvalue weighted by atomic mass is 9.84. The van der Waals surface area contributed by atoms with E-state index in [2.05, 4.69) is 24.3 Å². The van der Waals surface area contributed by atoms with E-state index < -0.39 is 0 Å². The van der Waals surface area contributed by atoms with Gasteiger partial charge in [-0.15, -0.1) is 0 Å². The molecule has 0 radical (unpaired) electrons. The Labute approximate surface area is 116 Å². The average Bonchev–Trinajstić information content (AvgIpc) is 2.68. The summed E-state index contributed by atoms with van der Waals surface area (Å²) in [6, 6.07) is 0.565. The van der Waals surface area contributed by atoms with Crippen LogP contribution in [0.2, 0.25) is 0 Å². The van der Waals surface area contributed by atoms with Crippen molar-refractivity contribution in [3.8, 4) is 0 Å². The Bertz CT molecular complexity index is 403. The third kappa shape index (κ3) is 3.23. The van der Waals surface area contributed by atoms with Crippen molar-refractivity contribution in [2.45, 2.75) is 64.8 Å². The summed E-state index contributed by atoms with van der Waals surface area (Å²) in [5.74, 6) is 1.95. The summed E-state index contributed by atoms with van der Waals surface area (Å²) in [4.78, 5) is 0. The molecule has 1 aromatic heterocycles. The molecule has 1 fully saturated rings. The third-order valence-corrected chi connectivity index (χ3v) is 4.41. The fraction of sp³-hybridized carbons (Fsp3) is 0.800. The first kappa shape index (κ1) is 14.2.